The molecule has 0 saturated carbocycles. The Morgan fingerprint density at radius 2 is 1.78 bits per heavy atom. The van der Waals surface area contributed by atoms with Gasteiger partial charge < -0.3 is 24.1 Å². The highest BCUT2D eigenvalue weighted by Crippen LogP contribution is 2.51. The molecule has 4 aliphatic heterocycles. The van der Waals surface area contributed by atoms with Gasteiger partial charge in [0.15, 0.2) is 5.79 Å². The molecular weight excluding hydrogens is 489 g/mol. The first-order chi connectivity index (χ1) is 15.4. The molecule has 10 heteroatoms. The minimum absolute atomic E-state index is 0.0321. The van der Waals surface area contributed by atoms with Crippen molar-refractivity contribution in [2.24, 2.45) is 23.7 Å². The van der Waals surface area contributed by atoms with E-state index in [9.17, 15) is 9.90 Å². The average molecular weight is 525 g/mol. The van der Waals surface area contributed by atoms with Crippen molar-refractivity contribution in [1.82, 2.24) is 0 Å². The fraction of sp³-hybridized carbons (Fsp3) is 0.955. The Kier molecular flexibility index (Phi) is 9.15. The Morgan fingerprint density at radius 1 is 1.09 bits per heavy atom. The van der Waals surface area contributed by atoms with Gasteiger partial charge in [0.1, 0.15) is 12.6 Å². The Balaban J connectivity index is 1.54. The van der Waals surface area contributed by atoms with Crippen LogP contribution in [-0.2, 0) is 23.7 Å². The first-order valence-electron chi connectivity index (χ1n) is 11.5. The van der Waals surface area contributed by atoms with Crippen LogP contribution >= 0.6 is 47.0 Å². The number of Topliss-reactive ketones (excluding diaryl/α,β-unsaturated/α-hetero) is 1. The first-order valence-corrected chi connectivity index (χ1v) is 15.7. The number of methoxy groups -OCH3 is 1. The summed E-state index contributed by atoms with van der Waals surface area (Å²) in [6, 6.07) is 0. The quantitative estimate of drug-likeness (QED) is 0.479. The molecule has 0 aromatic rings. The van der Waals surface area contributed by atoms with Crippen molar-refractivity contribution in [1.29, 1.82) is 0 Å². The van der Waals surface area contributed by atoms with Gasteiger partial charge in [0, 0.05) is 54.1 Å². The molecule has 1 spiro atoms. The van der Waals surface area contributed by atoms with Crippen LogP contribution in [0.15, 0.2) is 0 Å². The summed E-state index contributed by atoms with van der Waals surface area (Å²) in [5.74, 6) is 4.15. The molecule has 4 fully saturated rings. The molecular formula is C22H36O6S4. The zero-order chi connectivity index (χ0) is 22.8. The van der Waals surface area contributed by atoms with Crippen molar-refractivity contribution in [2.45, 2.75) is 42.3 Å². The summed E-state index contributed by atoms with van der Waals surface area (Å²) in [5.41, 5.74) is 0. The smallest absolute Gasteiger partial charge is 0.175 e. The molecule has 4 rings (SSSR count). The molecule has 32 heavy (non-hydrogen) atoms. The lowest BCUT2D eigenvalue weighted by atomic mass is 9.77. The highest BCUT2D eigenvalue weighted by Gasteiger charge is 2.55. The zero-order valence-electron chi connectivity index (χ0n) is 19.2. The van der Waals surface area contributed by atoms with Gasteiger partial charge in [-0.3, -0.25) is 4.79 Å². The second-order valence-electron chi connectivity index (χ2n) is 9.12. The van der Waals surface area contributed by atoms with Crippen LogP contribution in [-0.4, -0.2) is 94.6 Å². The maximum atomic E-state index is 13.8. The second kappa shape index (κ2) is 11.3. The molecule has 184 valence electrons. The number of ketones is 1. The lowest BCUT2D eigenvalue weighted by Gasteiger charge is -2.46. The predicted octanol–water partition coefficient (Wildman–Crippen LogP) is 3.21. The summed E-state index contributed by atoms with van der Waals surface area (Å²) < 4.78 is 23.7. The monoisotopic (exact) mass is 524 g/mol. The third kappa shape index (κ3) is 5.19. The summed E-state index contributed by atoms with van der Waals surface area (Å²) in [6.45, 7) is 5.61. The third-order valence-electron chi connectivity index (χ3n) is 7.34. The number of carbonyl (C=O) groups is 1. The molecule has 6 nitrogen and oxygen atoms in total. The van der Waals surface area contributed by atoms with E-state index in [-0.39, 0.29) is 46.4 Å². The van der Waals surface area contributed by atoms with Gasteiger partial charge in [-0.05, 0) is 12.7 Å². The summed E-state index contributed by atoms with van der Waals surface area (Å²) >= 11 is 7.44. The van der Waals surface area contributed by atoms with Crippen LogP contribution in [0.2, 0.25) is 0 Å². The molecule has 0 aromatic heterocycles. The maximum absolute atomic E-state index is 13.8. The van der Waals surface area contributed by atoms with Gasteiger partial charge in [0.05, 0.1) is 41.3 Å². The van der Waals surface area contributed by atoms with Crippen molar-refractivity contribution in [2.75, 3.05) is 61.6 Å². The Labute approximate surface area is 208 Å². The highest BCUT2D eigenvalue weighted by atomic mass is 32.2. The molecule has 6 atom stereocenters. The van der Waals surface area contributed by atoms with Crippen molar-refractivity contribution >= 4 is 52.8 Å². The molecule has 0 bridgehead atoms. The largest absolute Gasteiger partial charge is 0.392 e. The molecule has 4 saturated heterocycles. The fourth-order valence-corrected chi connectivity index (χ4v) is 11.1. The van der Waals surface area contributed by atoms with Crippen LogP contribution in [0.3, 0.4) is 0 Å². The van der Waals surface area contributed by atoms with Gasteiger partial charge in [0.25, 0.3) is 0 Å². The van der Waals surface area contributed by atoms with E-state index in [0.29, 0.717) is 24.7 Å². The molecule has 0 unspecified atom stereocenters. The number of aliphatic hydroxyl groups excluding tert-OH is 1. The van der Waals surface area contributed by atoms with Gasteiger partial charge in [-0.25, -0.2) is 0 Å². The maximum Gasteiger partial charge on any atom is 0.175 e. The molecule has 1 N–H and O–H groups in total. The van der Waals surface area contributed by atoms with Gasteiger partial charge in [-0.2, -0.15) is 23.5 Å². The number of hydrogen-bond acceptors (Lipinski definition) is 10. The van der Waals surface area contributed by atoms with Crippen molar-refractivity contribution in [3.63, 3.8) is 0 Å². The van der Waals surface area contributed by atoms with Crippen LogP contribution in [0, 0.1) is 23.7 Å². The Hall–Kier alpha value is 0.870. The van der Waals surface area contributed by atoms with E-state index in [0.717, 1.165) is 29.4 Å². The van der Waals surface area contributed by atoms with Gasteiger partial charge in [0.2, 0.25) is 0 Å². The standard InChI is InChI=1S/C22H36O6S4/c1-14(21(2)31-8-9-32-21)18(23)15-10-30-11-16(19(15)24)20(26-13-25-3)17-12-29-7-4-22(17)27-5-6-28-22/h14-18,20,23H,4-13H2,1-3H3/t14-,15-,16+,17+,18-,20-/m0/s1. The van der Waals surface area contributed by atoms with Gasteiger partial charge in [-0.15, -0.1) is 23.5 Å². The number of hydrogen-bond donors (Lipinski definition) is 1. The molecule has 0 aromatic carbocycles. The number of aliphatic hydroxyl groups is 1. The number of thioether (sulfide) groups is 4. The number of carbonyl (C=O) groups excluding carboxylic acids is 1. The minimum Gasteiger partial charge on any atom is -0.392 e. The molecule has 0 radical (unpaired) electrons. The zero-order valence-corrected chi connectivity index (χ0v) is 22.4. The number of rotatable bonds is 8. The normalized spacial score (nSPS) is 35.1. The van der Waals surface area contributed by atoms with Crippen LogP contribution in [0.25, 0.3) is 0 Å². The predicted molar refractivity (Wildman–Crippen MR) is 135 cm³/mol. The van der Waals surface area contributed by atoms with Crippen LogP contribution < -0.4 is 0 Å². The van der Waals surface area contributed by atoms with E-state index in [1.165, 1.54) is 0 Å². The van der Waals surface area contributed by atoms with Crippen molar-refractivity contribution < 1.29 is 28.8 Å². The molecule has 0 aliphatic carbocycles. The molecule has 0 amide bonds. The number of ether oxygens (including phenoxy) is 4. The van der Waals surface area contributed by atoms with Crippen molar-refractivity contribution in [3.05, 3.63) is 0 Å². The Morgan fingerprint density at radius 3 is 2.47 bits per heavy atom. The fourth-order valence-electron chi connectivity index (χ4n) is 5.31. The summed E-state index contributed by atoms with van der Waals surface area (Å²) in [6.07, 6.45) is -0.200. The first kappa shape index (κ1) is 25.9. The summed E-state index contributed by atoms with van der Waals surface area (Å²) in [4.78, 5) is 13.8. The van der Waals surface area contributed by atoms with Crippen LogP contribution in [0.4, 0.5) is 0 Å². The third-order valence-corrected chi connectivity index (χ3v) is 13.3. The van der Waals surface area contributed by atoms with E-state index in [4.69, 9.17) is 18.9 Å². The minimum atomic E-state index is -0.669. The van der Waals surface area contributed by atoms with Gasteiger partial charge >= 0.3 is 0 Å². The average Bonchev–Trinajstić information content (AvgIpc) is 3.45. The molecule has 4 aliphatic rings. The van der Waals surface area contributed by atoms with E-state index < -0.39 is 11.9 Å². The SMILES string of the molecule is COCO[C@@H]([C@@H]1CSC[C@@H]([C@@H](O)[C@H](C)C2(C)SCCS2)C1=O)[C@H]1CSCCC12OCCO2. The van der Waals surface area contributed by atoms with Crippen LogP contribution in [0.1, 0.15) is 20.3 Å². The van der Waals surface area contributed by atoms with E-state index in [2.05, 4.69) is 13.8 Å². The topological polar surface area (TPSA) is 74.2 Å². The van der Waals surface area contributed by atoms with Gasteiger partial charge in [-0.1, -0.05) is 6.92 Å². The van der Waals surface area contributed by atoms with Crippen molar-refractivity contribution in [3.8, 4) is 0 Å². The lowest BCUT2D eigenvalue weighted by molar-refractivity contribution is -0.234. The van der Waals surface area contributed by atoms with E-state index in [1.807, 2.05) is 35.3 Å². The summed E-state index contributed by atoms with van der Waals surface area (Å²) in [7, 11) is 1.61. The van der Waals surface area contributed by atoms with E-state index in [1.54, 1.807) is 18.9 Å². The second-order valence-corrected chi connectivity index (χ2v) is 14.7. The molecule has 4 heterocycles. The lowest BCUT2D eigenvalue weighted by Crippen LogP contribution is -2.56. The highest BCUT2D eigenvalue weighted by molar-refractivity contribution is 8.21. The summed E-state index contributed by atoms with van der Waals surface area (Å²) in [5, 5.41) is 11.3. The van der Waals surface area contributed by atoms with E-state index >= 15 is 0 Å². The Bertz CT molecular complexity index is 640. The van der Waals surface area contributed by atoms with Crippen LogP contribution in [0.5, 0.6) is 0 Å².